The van der Waals surface area contributed by atoms with Crippen molar-refractivity contribution >= 4 is 28.4 Å². The predicted molar refractivity (Wildman–Crippen MR) is 84.3 cm³/mol. The molecule has 0 aliphatic rings. The number of ether oxygens (including phenoxy) is 1. The van der Waals surface area contributed by atoms with Crippen LogP contribution in [0.5, 0.6) is 5.75 Å². The van der Waals surface area contributed by atoms with Crippen molar-refractivity contribution in [2.45, 2.75) is 6.92 Å². The summed E-state index contributed by atoms with van der Waals surface area (Å²) in [5, 5.41) is 12.8. The van der Waals surface area contributed by atoms with Crippen molar-refractivity contribution in [1.82, 2.24) is 15.2 Å². The molecule has 0 spiro atoms. The normalized spacial score (nSPS) is 10.5. The molecular weight excluding hydrogens is 282 g/mol. The van der Waals surface area contributed by atoms with E-state index in [1.165, 1.54) is 6.20 Å². The SMILES string of the molecule is COc1ccc2c(C)cc(NC(=O)Nc3cn[nH]c3)nc2c1. The van der Waals surface area contributed by atoms with Gasteiger partial charge in [0.25, 0.3) is 0 Å². The number of aromatic amines is 1. The standard InChI is InChI=1S/C15H15N5O2/c1-9-5-14(20-15(21)18-10-7-16-17-8-10)19-13-6-11(22-2)3-4-12(9)13/h3-8H,1-2H3,(H,16,17)(H2,18,19,20,21). The fourth-order valence-electron chi connectivity index (χ4n) is 2.17. The topological polar surface area (TPSA) is 91.9 Å². The average molecular weight is 297 g/mol. The highest BCUT2D eigenvalue weighted by Gasteiger charge is 2.08. The first-order valence-corrected chi connectivity index (χ1v) is 6.68. The van der Waals surface area contributed by atoms with Crippen LogP contribution in [-0.2, 0) is 0 Å². The van der Waals surface area contributed by atoms with E-state index in [9.17, 15) is 4.79 Å². The van der Waals surface area contributed by atoms with Crippen molar-refractivity contribution in [1.29, 1.82) is 0 Å². The number of urea groups is 1. The molecule has 3 aromatic rings. The molecule has 2 amide bonds. The van der Waals surface area contributed by atoms with E-state index in [4.69, 9.17) is 4.74 Å². The van der Waals surface area contributed by atoms with Gasteiger partial charge in [-0.05, 0) is 30.7 Å². The van der Waals surface area contributed by atoms with E-state index >= 15 is 0 Å². The number of carbonyl (C=O) groups excluding carboxylic acids is 1. The van der Waals surface area contributed by atoms with Crippen molar-refractivity contribution in [3.63, 3.8) is 0 Å². The summed E-state index contributed by atoms with van der Waals surface area (Å²) in [5.74, 6) is 1.19. The minimum Gasteiger partial charge on any atom is -0.497 e. The van der Waals surface area contributed by atoms with Gasteiger partial charge in [-0.25, -0.2) is 9.78 Å². The van der Waals surface area contributed by atoms with Crippen LogP contribution in [-0.4, -0.2) is 28.3 Å². The van der Waals surface area contributed by atoms with E-state index in [2.05, 4.69) is 25.8 Å². The molecule has 0 aliphatic carbocycles. The molecule has 0 bridgehead atoms. The summed E-state index contributed by atoms with van der Waals surface area (Å²) in [6.45, 7) is 1.97. The van der Waals surface area contributed by atoms with Gasteiger partial charge < -0.3 is 10.1 Å². The Morgan fingerprint density at radius 1 is 1.27 bits per heavy atom. The third-order valence-electron chi connectivity index (χ3n) is 3.22. The predicted octanol–water partition coefficient (Wildman–Crippen LogP) is 2.92. The van der Waals surface area contributed by atoms with Crippen LogP contribution in [0.2, 0.25) is 0 Å². The number of pyridine rings is 1. The fraction of sp³-hybridized carbons (Fsp3) is 0.133. The monoisotopic (exact) mass is 297 g/mol. The number of carbonyl (C=O) groups is 1. The smallest absolute Gasteiger partial charge is 0.324 e. The van der Waals surface area contributed by atoms with Gasteiger partial charge in [0.2, 0.25) is 0 Å². The molecule has 0 radical (unpaired) electrons. The molecule has 0 aliphatic heterocycles. The molecule has 0 atom stereocenters. The lowest BCUT2D eigenvalue weighted by atomic mass is 10.1. The molecule has 7 heteroatoms. The van der Waals surface area contributed by atoms with Crippen molar-refractivity contribution in [3.05, 3.63) is 42.2 Å². The Bertz CT molecular complexity index is 814. The zero-order valence-electron chi connectivity index (χ0n) is 12.2. The van der Waals surface area contributed by atoms with Crippen molar-refractivity contribution in [2.75, 3.05) is 17.7 Å². The van der Waals surface area contributed by atoms with E-state index in [0.717, 1.165) is 22.2 Å². The number of amides is 2. The van der Waals surface area contributed by atoms with Gasteiger partial charge in [-0.1, -0.05) is 0 Å². The number of fused-ring (bicyclic) bond motifs is 1. The number of aromatic nitrogens is 3. The Morgan fingerprint density at radius 2 is 2.14 bits per heavy atom. The first kappa shape index (κ1) is 13.9. The van der Waals surface area contributed by atoms with Crippen LogP contribution in [0.25, 0.3) is 10.9 Å². The maximum atomic E-state index is 11.9. The van der Waals surface area contributed by atoms with Gasteiger partial charge in [-0.2, -0.15) is 5.10 Å². The molecule has 0 unspecified atom stereocenters. The quantitative estimate of drug-likeness (QED) is 0.693. The molecule has 3 N–H and O–H groups in total. The highest BCUT2D eigenvalue weighted by atomic mass is 16.5. The summed E-state index contributed by atoms with van der Waals surface area (Å²) in [4.78, 5) is 16.4. The highest BCUT2D eigenvalue weighted by Crippen LogP contribution is 2.24. The number of nitrogens with zero attached hydrogens (tertiary/aromatic N) is 2. The number of anilines is 2. The molecule has 3 rings (SSSR count). The number of H-pyrrole nitrogens is 1. The second-order valence-electron chi connectivity index (χ2n) is 4.77. The van der Waals surface area contributed by atoms with Crippen molar-refractivity contribution < 1.29 is 9.53 Å². The van der Waals surface area contributed by atoms with E-state index in [0.29, 0.717) is 11.5 Å². The second-order valence-corrected chi connectivity index (χ2v) is 4.77. The zero-order chi connectivity index (χ0) is 15.5. The van der Waals surface area contributed by atoms with E-state index in [1.54, 1.807) is 13.3 Å². The summed E-state index contributed by atoms with van der Waals surface area (Å²) < 4.78 is 5.20. The lowest BCUT2D eigenvalue weighted by molar-refractivity contribution is 0.262. The Morgan fingerprint density at radius 3 is 2.86 bits per heavy atom. The minimum absolute atomic E-state index is 0.379. The first-order valence-electron chi connectivity index (χ1n) is 6.68. The molecule has 2 heterocycles. The summed E-state index contributed by atoms with van der Waals surface area (Å²) in [5.41, 5.74) is 2.36. The average Bonchev–Trinajstić information content (AvgIpc) is 2.99. The zero-order valence-corrected chi connectivity index (χ0v) is 12.2. The highest BCUT2D eigenvalue weighted by molar-refractivity contribution is 6.00. The van der Waals surface area contributed by atoms with Crippen LogP contribution < -0.4 is 15.4 Å². The molecule has 1 aromatic carbocycles. The first-order chi connectivity index (χ1) is 10.7. The van der Waals surface area contributed by atoms with Gasteiger partial charge >= 0.3 is 6.03 Å². The van der Waals surface area contributed by atoms with Crippen LogP contribution in [0.15, 0.2) is 36.7 Å². The third-order valence-corrected chi connectivity index (χ3v) is 3.22. The summed E-state index contributed by atoms with van der Waals surface area (Å²) in [6.07, 6.45) is 3.10. The Kier molecular flexibility index (Phi) is 3.61. The molecular formula is C15H15N5O2. The van der Waals surface area contributed by atoms with Gasteiger partial charge in [0.15, 0.2) is 0 Å². The third kappa shape index (κ3) is 2.83. The van der Waals surface area contributed by atoms with Crippen LogP contribution in [0.4, 0.5) is 16.3 Å². The number of rotatable bonds is 3. The number of hydrogen-bond acceptors (Lipinski definition) is 4. The number of methoxy groups -OCH3 is 1. The van der Waals surface area contributed by atoms with Crippen LogP contribution >= 0.6 is 0 Å². The molecule has 112 valence electrons. The molecule has 0 saturated heterocycles. The second kappa shape index (κ2) is 5.72. The summed E-state index contributed by atoms with van der Waals surface area (Å²) >= 11 is 0. The Hall–Kier alpha value is -3.09. The summed E-state index contributed by atoms with van der Waals surface area (Å²) in [7, 11) is 1.61. The molecule has 22 heavy (non-hydrogen) atoms. The maximum absolute atomic E-state index is 11.9. The van der Waals surface area contributed by atoms with Gasteiger partial charge in [-0.3, -0.25) is 10.4 Å². The van der Waals surface area contributed by atoms with Crippen LogP contribution in [0.1, 0.15) is 5.56 Å². The molecule has 0 saturated carbocycles. The van der Waals surface area contributed by atoms with Gasteiger partial charge in [0.05, 0.1) is 24.5 Å². The Labute approximate surface area is 126 Å². The van der Waals surface area contributed by atoms with Gasteiger partial charge in [-0.15, -0.1) is 0 Å². The summed E-state index contributed by atoms with van der Waals surface area (Å²) in [6, 6.07) is 7.11. The lowest BCUT2D eigenvalue weighted by Gasteiger charge is -2.09. The van der Waals surface area contributed by atoms with Gasteiger partial charge in [0, 0.05) is 17.6 Å². The van der Waals surface area contributed by atoms with E-state index in [-0.39, 0.29) is 6.03 Å². The number of benzene rings is 1. The number of nitrogens with one attached hydrogen (secondary N) is 3. The molecule has 7 nitrogen and oxygen atoms in total. The number of aryl methyl sites for hydroxylation is 1. The maximum Gasteiger partial charge on any atom is 0.324 e. The van der Waals surface area contributed by atoms with E-state index < -0.39 is 0 Å². The minimum atomic E-state index is -0.379. The molecule has 0 fully saturated rings. The van der Waals surface area contributed by atoms with Crippen LogP contribution in [0, 0.1) is 6.92 Å². The van der Waals surface area contributed by atoms with Crippen molar-refractivity contribution in [2.24, 2.45) is 0 Å². The lowest BCUT2D eigenvalue weighted by Crippen LogP contribution is -2.19. The largest absolute Gasteiger partial charge is 0.497 e. The van der Waals surface area contributed by atoms with Crippen LogP contribution in [0.3, 0.4) is 0 Å². The van der Waals surface area contributed by atoms with E-state index in [1.807, 2.05) is 31.2 Å². The Balaban J connectivity index is 1.85. The van der Waals surface area contributed by atoms with Gasteiger partial charge in [0.1, 0.15) is 11.6 Å². The number of hydrogen-bond donors (Lipinski definition) is 3. The van der Waals surface area contributed by atoms with Crippen molar-refractivity contribution in [3.8, 4) is 5.75 Å². The fourth-order valence-corrected chi connectivity index (χ4v) is 2.17. The molecule has 2 aromatic heterocycles.